The summed E-state index contributed by atoms with van der Waals surface area (Å²) >= 11 is 0. The molecule has 0 spiro atoms. The molecule has 2 aliphatic heterocycles. The van der Waals surface area contributed by atoms with Crippen LogP contribution >= 0.6 is 0 Å². The van der Waals surface area contributed by atoms with Gasteiger partial charge in [-0.1, -0.05) is 67.6 Å². The molecule has 5 aromatic rings. The number of piperidine rings is 1. The summed E-state index contributed by atoms with van der Waals surface area (Å²) in [6.45, 7) is 11.0. The van der Waals surface area contributed by atoms with Gasteiger partial charge in [-0.2, -0.15) is 10.1 Å². The van der Waals surface area contributed by atoms with Crippen LogP contribution in [0.15, 0.2) is 84.9 Å². The highest BCUT2D eigenvalue weighted by Gasteiger charge is 2.38. The van der Waals surface area contributed by atoms with E-state index in [4.69, 9.17) is 24.3 Å². The van der Waals surface area contributed by atoms with Gasteiger partial charge >= 0.3 is 6.09 Å². The van der Waals surface area contributed by atoms with E-state index in [0.717, 1.165) is 16.5 Å². The molecule has 2 aromatic heterocycles. The van der Waals surface area contributed by atoms with Crippen molar-refractivity contribution in [2.24, 2.45) is 18.9 Å². The lowest BCUT2D eigenvalue weighted by atomic mass is 9.85. The predicted octanol–water partition coefficient (Wildman–Crippen LogP) is 7.47. The van der Waals surface area contributed by atoms with Crippen LogP contribution < -0.4 is 14.4 Å². The van der Waals surface area contributed by atoms with Crippen LogP contribution in [-0.2, 0) is 29.8 Å². The Balaban J connectivity index is 1.09. The van der Waals surface area contributed by atoms with E-state index >= 15 is 4.39 Å². The number of amides is 2. The normalized spacial score (nSPS) is 17.7. The summed E-state index contributed by atoms with van der Waals surface area (Å²) in [4.78, 5) is 36.8. The van der Waals surface area contributed by atoms with E-state index < -0.39 is 5.60 Å². The van der Waals surface area contributed by atoms with Crippen LogP contribution in [0.25, 0.3) is 22.2 Å². The molecule has 288 valence electrons. The lowest BCUT2D eigenvalue weighted by molar-refractivity contribution is -0.139. The Morgan fingerprint density at radius 2 is 1.47 bits per heavy atom. The van der Waals surface area contributed by atoms with Crippen LogP contribution in [0, 0.1) is 17.7 Å². The zero-order chi connectivity index (χ0) is 38.7. The predicted molar refractivity (Wildman–Crippen MR) is 209 cm³/mol. The Labute approximate surface area is 321 Å². The molecule has 0 saturated carbocycles. The van der Waals surface area contributed by atoms with Crippen molar-refractivity contribution in [3.63, 3.8) is 0 Å². The molecule has 4 heterocycles. The van der Waals surface area contributed by atoms with Gasteiger partial charge in [0, 0.05) is 63.7 Å². The topological polar surface area (TPSA) is 102 Å². The first kappa shape index (κ1) is 37.7. The third-order valence-corrected chi connectivity index (χ3v) is 10.3. The van der Waals surface area contributed by atoms with E-state index in [1.165, 1.54) is 6.07 Å². The number of fused-ring (bicyclic) bond motifs is 1. The van der Waals surface area contributed by atoms with Crippen molar-refractivity contribution < 1.29 is 28.2 Å². The van der Waals surface area contributed by atoms with Crippen LogP contribution in [-0.4, -0.2) is 81.4 Å². The molecule has 2 unspecified atom stereocenters. The van der Waals surface area contributed by atoms with Crippen molar-refractivity contribution in [2.45, 2.75) is 52.9 Å². The van der Waals surface area contributed by atoms with Gasteiger partial charge in [0.05, 0.1) is 16.8 Å². The first-order valence-corrected chi connectivity index (χ1v) is 19.0. The zero-order valence-electron chi connectivity index (χ0n) is 32.2. The molecule has 0 N–H and O–H groups in total. The summed E-state index contributed by atoms with van der Waals surface area (Å²) in [5.74, 6) is 0.313. The van der Waals surface area contributed by atoms with Crippen LogP contribution in [0.4, 0.5) is 14.9 Å². The van der Waals surface area contributed by atoms with Crippen molar-refractivity contribution in [2.75, 3.05) is 44.2 Å². The minimum Gasteiger partial charge on any atom is -0.473 e. The fourth-order valence-corrected chi connectivity index (χ4v) is 7.47. The Kier molecular flexibility index (Phi) is 10.9. The third kappa shape index (κ3) is 8.53. The minimum atomic E-state index is -0.575. The quantitative estimate of drug-likeness (QED) is 0.153. The highest BCUT2D eigenvalue weighted by atomic mass is 19.1. The number of piperazine rings is 1. The monoisotopic (exact) mass is 748 g/mol. The smallest absolute Gasteiger partial charge is 0.410 e. The Morgan fingerprint density at radius 1 is 0.818 bits per heavy atom. The number of likely N-dealkylation sites (tertiary alicyclic amines) is 1. The summed E-state index contributed by atoms with van der Waals surface area (Å²) in [7, 11) is 1.81. The Hall–Kier alpha value is -5.65. The molecule has 12 heteroatoms. The summed E-state index contributed by atoms with van der Waals surface area (Å²) in [6.07, 6.45) is 0.238. The number of aryl methyl sites for hydroxylation is 1. The first-order valence-electron chi connectivity index (χ1n) is 19.0. The van der Waals surface area contributed by atoms with Gasteiger partial charge in [-0.15, -0.1) is 0 Å². The number of ether oxygens (including phenoxy) is 3. The second-order valence-electron chi connectivity index (χ2n) is 15.4. The molecule has 2 fully saturated rings. The van der Waals surface area contributed by atoms with E-state index in [1.807, 2.05) is 111 Å². The van der Waals surface area contributed by atoms with Crippen LogP contribution in [0.2, 0.25) is 0 Å². The van der Waals surface area contributed by atoms with Gasteiger partial charge in [-0.25, -0.2) is 9.18 Å². The molecule has 3 aromatic carbocycles. The molecule has 11 nitrogen and oxygen atoms in total. The lowest BCUT2D eigenvalue weighted by Gasteiger charge is -2.41. The second-order valence-corrected chi connectivity index (χ2v) is 15.4. The molecule has 0 aliphatic carbocycles. The maximum absolute atomic E-state index is 15.9. The maximum Gasteiger partial charge on any atom is 0.410 e. The fraction of sp³-hybridized carbons (Fsp3) is 0.395. The van der Waals surface area contributed by atoms with Gasteiger partial charge in [0.25, 0.3) is 0 Å². The SMILES string of the molecule is CC1CN(C(=O)OC(C)(C)C)CCC1C(=O)N1CCN(c2c(F)ccc3c(-c4ccc(OCc5ccccc5)nc4OCc4ccccc4)nn(C)c23)CC1. The first-order chi connectivity index (χ1) is 26.4. The number of pyridine rings is 1. The van der Waals surface area contributed by atoms with Crippen LogP contribution in [0.3, 0.4) is 0 Å². The Morgan fingerprint density at radius 3 is 2.11 bits per heavy atom. The van der Waals surface area contributed by atoms with Gasteiger partial charge in [0.15, 0.2) is 0 Å². The summed E-state index contributed by atoms with van der Waals surface area (Å²) in [5.41, 5.74) is 3.81. The molecule has 0 bridgehead atoms. The number of carbonyl (C=O) groups excluding carboxylic acids is 2. The molecule has 0 radical (unpaired) electrons. The number of hydrogen-bond acceptors (Lipinski definition) is 8. The molecule has 55 heavy (non-hydrogen) atoms. The average molecular weight is 749 g/mol. The summed E-state index contributed by atoms with van der Waals surface area (Å²) in [6, 6.07) is 26.7. The van der Waals surface area contributed by atoms with Crippen LogP contribution in [0.1, 0.15) is 45.2 Å². The number of hydrogen-bond donors (Lipinski definition) is 0. The fourth-order valence-electron chi connectivity index (χ4n) is 7.47. The Bertz CT molecular complexity index is 2130. The molecular formula is C43H49FN6O5. The maximum atomic E-state index is 15.9. The molecule has 2 atom stereocenters. The number of nitrogens with zero attached hydrogens (tertiary/aromatic N) is 6. The zero-order valence-corrected chi connectivity index (χ0v) is 32.2. The molecule has 2 aliphatic rings. The summed E-state index contributed by atoms with van der Waals surface area (Å²) < 4.78 is 35.6. The van der Waals surface area contributed by atoms with E-state index in [-0.39, 0.29) is 36.3 Å². The second kappa shape index (κ2) is 16.0. The van der Waals surface area contributed by atoms with Crippen molar-refractivity contribution in [1.82, 2.24) is 24.6 Å². The van der Waals surface area contributed by atoms with Gasteiger partial charge in [0.1, 0.15) is 30.3 Å². The lowest BCUT2D eigenvalue weighted by Crippen LogP contribution is -2.54. The van der Waals surface area contributed by atoms with Crippen molar-refractivity contribution in [3.8, 4) is 23.0 Å². The van der Waals surface area contributed by atoms with E-state index in [2.05, 4.69) is 0 Å². The number of aromatic nitrogens is 3. The van der Waals surface area contributed by atoms with Crippen molar-refractivity contribution in [1.29, 1.82) is 0 Å². The van der Waals surface area contributed by atoms with E-state index in [0.29, 0.717) is 86.5 Å². The molecule has 2 saturated heterocycles. The van der Waals surface area contributed by atoms with Gasteiger partial charge in [-0.3, -0.25) is 9.48 Å². The van der Waals surface area contributed by atoms with Gasteiger partial charge < -0.3 is 28.9 Å². The molecule has 2 amide bonds. The van der Waals surface area contributed by atoms with E-state index in [1.54, 1.807) is 21.7 Å². The number of benzene rings is 3. The number of anilines is 1. The number of carbonyl (C=O) groups is 2. The standard InChI is InChI=1S/C43H49FN6O5/c1-29-26-50(42(52)55-43(2,3)4)21-20-32(29)41(51)49-24-22-48(23-25-49)39-35(44)18-16-33-37(46-47(5)38(33)39)34-17-19-36(53-27-30-12-8-6-9-13-30)45-40(34)54-28-31-14-10-7-11-15-31/h6-19,29,32H,20-28H2,1-5H3. The van der Waals surface area contributed by atoms with Crippen molar-refractivity contribution in [3.05, 3.63) is 102 Å². The highest BCUT2D eigenvalue weighted by Crippen LogP contribution is 2.40. The third-order valence-electron chi connectivity index (χ3n) is 10.3. The van der Waals surface area contributed by atoms with Crippen molar-refractivity contribution >= 4 is 28.6 Å². The number of halogens is 1. The van der Waals surface area contributed by atoms with E-state index in [9.17, 15) is 9.59 Å². The average Bonchev–Trinajstić information content (AvgIpc) is 3.51. The largest absolute Gasteiger partial charge is 0.473 e. The molecular weight excluding hydrogens is 700 g/mol. The van der Waals surface area contributed by atoms with Gasteiger partial charge in [0.2, 0.25) is 17.7 Å². The minimum absolute atomic E-state index is 0.00796. The highest BCUT2D eigenvalue weighted by molar-refractivity contribution is 6.01. The molecule has 7 rings (SSSR count). The number of rotatable bonds is 9. The van der Waals surface area contributed by atoms with Gasteiger partial charge in [-0.05, 0) is 62.4 Å². The van der Waals surface area contributed by atoms with Crippen LogP contribution in [0.5, 0.6) is 11.8 Å². The summed E-state index contributed by atoms with van der Waals surface area (Å²) in [5, 5.41) is 5.66.